The van der Waals surface area contributed by atoms with Crippen LogP contribution in [0, 0.1) is 6.92 Å². The second-order valence-corrected chi connectivity index (χ2v) is 5.75. The monoisotopic (exact) mass is 342 g/mol. The van der Waals surface area contributed by atoms with Gasteiger partial charge in [0.1, 0.15) is 11.5 Å². The number of amides is 1. The number of aryl methyl sites for hydroxylation is 2. The highest BCUT2D eigenvalue weighted by Gasteiger charge is 2.09. The zero-order chi connectivity index (χ0) is 18.2. The molecule has 5 nitrogen and oxygen atoms in total. The van der Waals surface area contributed by atoms with Crippen LogP contribution in [0.4, 0.5) is 11.4 Å². The summed E-state index contributed by atoms with van der Waals surface area (Å²) < 4.78 is 10.6. The molecular formula is C20H26N2O3. The average Bonchev–Trinajstić information content (AvgIpc) is 2.63. The van der Waals surface area contributed by atoms with E-state index in [4.69, 9.17) is 9.47 Å². The van der Waals surface area contributed by atoms with E-state index in [1.165, 1.54) is 0 Å². The number of anilines is 2. The number of ether oxygens (including phenoxy) is 2. The first kappa shape index (κ1) is 18.6. The smallest absolute Gasteiger partial charge is 0.226 e. The highest BCUT2D eigenvalue weighted by molar-refractivity contribution is 5.92. The molecule has 0 radical (unpaired) electrons. The lowest BCUT2D eigenvalue weighted by molar-refractivity contribution is -0.115. The van der Waals surface area contributed by atoms with Gasteiger partial charge in [0.05, 0.1) is 19.9 Å². The number of nitrogens with one attached hydrogen (secondary N) is 2. The Morgan fingerprint density at radius 3 is 2.60 bits per heavy atom. The van der Waals surface area contributed by atoms with Crippen molar-refractivity contribution in [2.75, 3.05) is 31.4 Å². The van der Waals surface area contributed by atoms with Crippen molar-refractivity contribution >= 4 is 17.3 Å². The predicted octanol–water partition coefficient (Wildman–Crippen LogP) is 4.02. The Hall–Kier alpha value is -2.69. The van der Waals surface area contributed by atoms with E-state index in [-0.39, 0.29) is 5.91 Å². The number of rotatable bonds is 8. The maximum atomic E-state index is 12.3. The van der Waals surface area contributed by atoms with Crippen LogP contribution in [0.25, 0.3) is 0 Å². The lowest BCUT2D eigenvalue weighted by Gasteiger charge is -2.14. The number of benzene rings is 2. The maximum absolute atomic E-state index is 12.3. The van der Waals surface area contributed by atoms with E-state index in [2.05, 4.69) is 17.6 Å². The third kappa shape index (κ3) is 4.89. The Morgan fingerprint density at radius 2 is 1.92 bits per heavy atom. The second-order valence-electron chi connectivity index (χ2n) is 5.75. The molecule has 25 heavy (non-hydrogen) atoms. The van der Waals surface area contributed by atoms with Crippen molar-refractivity contribution in [3.63, 3.8) is 0 Å². The molecule has 2 aromatic rings. The summed E-state index contributed by atoms with van der Waals surface area (Å²) >= 11 is 0. The molecule has 0 atom stereocenters. The number of carbonyl (C=O) groups is 1. The number of hydrogen-bond acceptors (Lipinski definition) is 4. The van der Waals surface area contributed by atoms with Crippen LogP contribution in [-0.2, 0) is 11.2 Å². The van der Waals surface area contributed by atoms with Gasteiger partial charge in [-0.15, -0.1) is 0 Å². The van der Waals surface area contributed by atoms with Gasteiger partial charge >= 0.3 is 0 Å². The van der Waals surface area contributed by atoms with E-state index in [1.54, 1.807) is 14.2 Å². The predicted molar refractivity (Wildman–Crippen MR) is 102 cm³/mol. The summed E-state index contributed by atoms with van der Waals surface area (Å²) in [5.41, 5.74) is 3.96. The van der Waals surface area contributed by atoms with E-state index in [9.17, 15) is 4.79 Å². The minimum absolute atomic E-state index is 0.0154. The van der Waals surface area contributed by atoms with Gasteiger partial charge in [-0.25, -0.2) is 0 Å². The second kappa shape index (κ2) is 8.97. The summed E-state index contributed by atoms with van der Waals surface area (Å²) in [5, 5.41) is 6.27. The molecule has 2 aromatic carbocycles. The lowest BCUT2D eigenvalue weighted by atomic mass is 10.1. The molecule has 0 aliphatic carbocycles. The fraction of sp³-hybridized carbons (Fsp3) is 0.350. The van der Waals surface area contributed by atoms with E-state index < -0.39 is 0 Å². The first-order valence-corrected chi connectivity index (χ1v) is 8.43. The molecule has 0 heterocycles. The lowest BCUT2D eigenvalue weighted by Crippen LogP contribution is -2.18. The maximum Gasteiger partial charge on any atom is 0.226 e. The van der Waals surface area contributed by atoms with Crippen molar-refractivity contribution in [2.24, 2.45) is 0 Å². The molecular weight excluding hydrogens is 316 g/mol. The number of carbonyl (C=O) groups excluding carboxylic acids is 1. The van der Waals surface area contributed by atoms with Crippen molar-refractivity contribution in [3.05, 3.63) is 47.5 Å². The zero-order valence-corrected chi connectivity index (χ0v) is 15.3. The van der Waals surface area contributed by atoms with Crippen molar-refractivity contribution in [1.82, 2.24) is 0 Å². The van der Waals surface area contributed by atoms with E-state index >= 15 is 0 Å². The van der Waals surface area contributed by atoms with Gasteiger partial charge in [0.15, 0.2) is 0 Å². The molecule has 0 unspecified atom stereocenters. The van der Waals surface area contributed by atoms with Gasteiger partial charge in [0.25, 0.3) is 0 Å². The molecule has 0 fully saturated rings. The molecule has 0 aromatic heterocycles. The van der Waals surface area contributed by atoms with Gasteiger partial charge in [0, 0.05) is 24.7 Å². The van der Waals surface area contributed by atoms with Crippen LogP contribution in [0.1, 0.15) is 24.5 Å². The van der Waals surface area contributed by atoms with Crippen molar-refractivity contribution < 1.29 is 14.3 Å². The summed E-state index contributed by atoms with van der Waals surface area (Å²) in [4.78, 5) is 12.3. The van der Waals surface area contributed by atoms with Gasteiger partial charge < -0.3 is 20.1 Å². The fourth-order valence-corrected chi connectivity index (χ4v) is 2.67. The van der Waals surface area contributed by atoms with Gasteiger partial charge in [-0.05, 0) is 36.6 Å². The van der Waals surface area contributed by atoms with Crippen LogP contribution in [0.3, 0.4) is 0 Å². The van der Waals surface area contributed by atoms with Crippen molar-refractivity contribution in [1.29, 1.82) is 0 Å². The molecule has 0 aliphatic heterocycles. The molecule has 0 saturated carbocycles. The molecule has 0 saturated heterocycles. The Bertz CT molecular complexity index is 729. The summed E-state index contributed by atoms with van der Waals surface area (Å²) in [6.07, 6.45) is 1.24. The summed E-state index contributed by atoms with van der Waals surface area (Å²) in [7, 11) is 3.23. The molecule has 0 aliphatic rings. The molecule has 134 valence electrons. The van der Waals surface area contributed by atoms with E-state index in [1.807, 2.05) is 43.3 Å². The first-order valence-electron chi connectivity index (χ1n) is 8.43. The van der Waals surface area contributed by atoms with Crippen LogP contribution >= 0.6 is 0 Å². The van der Waals surface area contributed by atoms with E-state index in [0.717, 1.165) is 34.7 Å². The summed E-state index contributed by atoms with van der Waals surface area (Å²) in [5.74, 6) is 1.44. The van der Waals surface area contributed by atoms with Crippen LogP contribution < -0.4 is 20.1 Å². The summed E-state index contributed by atoms with van der Waals surface area (Å²) in [6, 6.07) is 11.6. The Kier molecular flexibility index (Phi) is 6.69. The van der Waals surface area contributed by atoms with Crippen LogP contribution in [0.2, 0.25) is 0 Å². The van der Waals surface area contributed by atoms with Crippen LogP contribution in [0.5, 0.6) is 11.5 Å². The van der Waals surface area contributed by atoms with Crippen LogP contribution in [-0.4, -0.2) is 26.7 Å². The SMILES string of the molecule is CCc1cccc(C)c1NC(=O)CCNc1cc(OC)ccc1OC. The molecule has 2 N–H and O–H groups in total. The molecule has 0 spiro atoms. The first-order chi connectivity index (χ1) is 12.1. The standard InChI is InChI=1S/C20H26N2O3/c1-5-15-8-6-7-14(2)20(15)22-19(23)11-12-21-17-13-16(24-3)9-10-18(17)25-4/h6-10,13,21H,5,11-12H2,1-4H3,(H,22,23). The number of hydrogen-bond donors (Lipinski definition) is 2. The number of methoxy groups -OCH3 is 2. The van der Waals surface area contributed by atoms with Gasteiger partial charge in [-0.1, -0.05) is 25.1 Å². The van der Waals surface area contributed by atoms with Crippen molar-refractivity contribution in [2.45, 2.75) is 26.7 Å². The normalized spacial score (nSPS) is 10.2. The minimum Gasteiger partial charge on any atom is -0.497 e. The number of para-hydroxylation sites is 1. The highest BCUT2D eigenvalue weighted by Crippen LogP contribution is 2.28. The Labute approximate surface area is 149 Å². The minimum atomic E-state index is -0.0154. The Balaban J connectivity index is 1.95. The third-order valence-corrected chi connectivity index (χ3v) is 4.08. The fourth-order valence-electron chi connectivity index (χ4n) is 2.67. The van der Waals surface area contributed by atoms with Crippen molar-refractivity contribution in [3.8, 4) is 11.5 Å². The van der Waals surface area contributed by atoms with Gasteiger partial charge in [-0.2, -0.15) is 0 Å². The summed E-state index contributed by atoms with van der Waals surface area (Å²) in [6.45, 7) is 4.60. The van der Waals surface area contributed by atoms with Gasteiger partial charge in [0.2, 0.25) is 5.91 Å². The topological polar surface area (TPSA) is 59.6 Å². The van der Waals surface area contributed by atoms with E-state index in [0.29, 0.717) is 18.7 Å². The quantitative estimate of drug-likeness (QED) is 0.761. The molecule has 1 amide bonds. The molecule has 2 rings (SSSR count). The molecule has 5 heteroatoms. The average molecular weight is 342 g/mol. The zero-order valence-electron chi connectivity index (χ0n) is 15.3. The van der Waals surface area contributed by atoms with Crippen LogP contribution in [0.15, 0.2) is 36.4 Å². The highest BCUT2D eigenvalue weighted by atomic mass is 16.5. The van der Waals surface area contributed by atoms with Gasteiger partial charge in [-0.3, -0.25) is 4.79 Å². The third-order valence-electron chi connectivity index (χ3n) is 4.08. The Morgan fingerprint density at radius 1 is 1.12 bits per heavy atom. The largest absolute Gasteiger partial charge is 0.497 e. The molecule has 0 bridgehead atoms.